The largest absolute Gasteiger partial charge is 0.424 e. The van der Waals surface area contributed by atoms with Gasteiger partial charge in [-0.1, -0.05) is 24.6 Å². The van der Waals surface area contributed by atoms with Crippen molar-refractivity contribution in [3.63, 3.8) is 0 Å². The number of aryl methyl sites for hydroxylation is 1. The molecule has 1 aliphatic rings. The number of halogens is 2. The molecule has 35 heavy (non-hydrogen) atoms. The Hall–Kier alpha value is -3.52. The lowest BCUT2D eigenvalue weighted by Gasteiger charge is -2.40. The molecule has 0 radical (unpaired) electrons. The van der Waals surface area contributed by atoms with Crippen LogP contribution in [0.3, 0.4) is 0 Å². The molecule has 1 fully saturated rings. The van der Waals surface area contributed by atoms with Gasteiger partial charge in [-0.3, -0.25) is 4.79 Å². The molecular formula is C26H25ClFN5O2. The Bertz CT molecular complexity index is 1380. The molecule has 1 aliphatic heterocycles. The van der Waals surface area contributed by atoms with Crippen molar-refractivity contribution in [3.8, 4) is 11.4 Å². The van der Waals surface area contributed by atoms with E-state index in [0.29, 0.717) is 46.6 Å². The summed E-state index contributed by atoms with van der Waals surface area (Å²) in [4.78, 5) is 28.6. The van der Waals surface area contributed by atoms with Crippen LogP contribution in [0.2, 0.25) is 5.02 Å². The number of amides is 1. The van der Waals surface area contributed by atoms with Crippen LogP contribution < -0.4 is 5.32 Å². The zero-order chi connectivity index (χ0) is 24.5. The minimum absolute atomic E-state index is 0.00630. The summed E-state index contributed by atoms with van der Waals surface area (Å²) >= 11 is 6.05. The van der Waals surface area contributed by atoms with E-state index < -0.39 is 5.82 Å². The topological polar surface area (TPSA) is 84.2 Å². The first-order valence-corrected chi connectivity index (χ1v) is 12.0. The summed E-state index contributed by atoms with van der Waals surface area (Å²) in [6.07, 6.45) is 4.98. The zero-order valence-electron chi connectivity index (χ0n) is 19.5. The Morgan fingerprint density at radius 1 is 1.26 bits per heavy atom. The first kappa shape index (κ1) is 23.2. The van der Waals surface area contributed by atoms with Crippen molar-refractivity contribution in [2.75, 3.05) is 18.4 Å². The van der Waals surface area contributed by atoms with E-state index in [1.807, 2.05) is 6.92 Å². The predicted octanol–water partition coefficient (Wildman–Crippen LogP) is 5.74. The summed E-state index contributed by atoms with van der Waals surface area (Å²) in [6, 6.07) is 10.1. The fraction of sp³-hybridized carbons (Fsp3) is 0.308. The molecule has 1 N–H and O–H groups in total. The summed E-state index contributed by atoms with van der Waals surface area (Å²) in [6.45, 7) is 4.88. The molecule has 0 aliphatic carbocycles. The molecule has 4 aromatic rings. The van der Waals surface area contributed by atoms with Gasteiger partial charge in [0.1, 0.15) is 11.3 Å². The second-order valence-electron chi connectivity index (χ2n) is 8.88. The number of oxazole rings is 1. The lowest BCUT2D eigenvalue weighted by atomic mass is 9.89. The molecular weight excluding hydrogens is 469 g/mol. The number of anilines is 1. The van der Waals surface area contributed by atoms with Gasteiger partial charge in [-0.25, -0.2) is 14.4 Å². The van der Waals surface area contributed by atoms with Gasteiger partial charge in [0.05, 0.1) is 11.6 Å². The quantitative estimate of drug-likeness (QED) is 0.381. The maximum absolute atomic E-state index is 15.2. The van der Waals surface area contributed by atoms with Crippen LogP contribution in [0, 0.1) is 18.7 Å². The van der Waals surface area contributed by atoms with E-state index in [9.17, 15) is 4.79 Å². The van der Waals surface area contributed by atoms with E-state index in [-0.39, 0.29) is 23.4 Å². The van der Waals surface area contributed by atoms with Gasteiger partial charge in [-0.2, -0.15) is 4.98 Å². The minimum atomic E-state index is -0.580. The summed E-state index contributed by atoms with van der Waals surface area (Å²) in [5.41, 5.74) is 2.45. The number of rotatable bonds is 5. The number of likely N-dealkylation sites (tertiary alicyclic amines) is 1. The molecule has 2 aromatic carbocycles. The number of carbonyl (C=O) groups excluding carboxylic acids is 1. The van der Waals surface area contributed by atoms with Crippen LogP contribution in [0.5, 0.6) is 0 Å². The summed E-state index contributed by atoms with van der Waals surface area (Å²) in [5, 5.41) is 3.80. The third kappa shape index (κ3) is 4.58. The van der Waals surface area contributed by atoms with Crippen LogP contribution in [-0.4, -0.2) is 44.9 Å². The second kappa shape index (κ2) is 9.62. The molecule has 7 nitrogen and oxygen atoms in total. The normalized spacial score (nSPS) is 18.1. The average molecular weight is 494 g/mol. The monoisotopic (exact) mass is 493 g/mol. The maximum Gasteiger partial charge on any atom is 0.295 e. The van der Waals surface area contributed by atoms with Crippen LogP contribution in [0.1, 0.15) is 35.7 Å². The lowest BCUT2D eigenvalue weighted by Crippen LogP contribution is -2.51. The molecule has 5 rings (SSSR count). The first-order valence-electron chi connectivity index (χ1n) is 11.6. The standard InChI is InChI=1S/C26H25ClFN5O2/c1-15-5-3-12-33(20(15)14-31-26-32-19-9-7-17(27)13-21(19)35-26)25(34)23-18(28)8-6-16(2)22(23)24-29-10-4-11-30-24/h4,6-11,13,15,20H,3,5,12,14H2,1-2H3,(H,31,32)/t15-,20-/m1/s1. The third-order valence-corrected chi connectivity index (χ3v) is 6.79. The number of nitrogens with zero attached hydrogens (tertiary/aromatic N) is 4. The smallest absolute Gasteiger partial charge is 0.295 e. The van der Waals surface area contributed by atoms with Crippen molar-refractivity contribution in [2.24, 2.45) is 5.92 Å². The molecule has 2 atom stereocenters. The summed E-state index contributed by atoms with van der Waals surface area (Å²) < 4.78 is 21.0. The van der Waals surface area contributed by atoms with E-state index >= 15 is 4.39 Å². The van der Waals surface area contributed by atoms with E-state index in [1.54, 1.807) is 47.6 Å². The highest BCUT2D eigenvalue weighted by Crippen LogP contribution is 2.32. The van der Waals surface area contributed by atoms with Gasteiger partial charge >= 0.3 is 0 Å². The van der Waals surface area contributed by atoms with E-state index in [2.05, 4.69) is 27.2 Å². The zero-order valence-corrected chi connectivity index (χ0v) is 20.2. The molecule has 1 saturated heterocycles. The molecule has 0 bridgehead atoms. The van der Waals surface area contributed by atoms with Gasteiger partial charge in [0, 0.05) is 42.1 Å². The molecule has 0 saturated carbocycles. The molecule has 2 aromatic heterocycles. The van der Waals surface area contributed by atoms with Gasteiger partial charge in [0.15, 0.2) is 11.4 Å². The van der Waals surface area contributed by atoms with Crippen molar-refractivity contribution in [2.45, 2.75) is 32.7 Å². The SMILES string of the molecule is Cc1ccc(F)c(C(=O)N2CCC[C@@H](C)[C@H]2CNc2nc3ccc(Cl)cc3o2)c1-c1ncccn1. The fourth-order valence-corrected chi connectivity index (χ4v) is 4.89. The number of benzene rings is 2. The Labute approximate surface area is 207 Å². The highest BCUT2D eigenvalue weighted by atomic mass is 35.5. The average Bonchev–Trinajstić information content (AvgIpc) is 3.26. The molecule has 0 spiro atoms. The van der Waals surface area contributed by atoms with Crippen molar-refractivity contribution in [3.05, 3.63) is 70.8 Å². The number of hydrogen-bond acceptors (Lipinski definition) is 6. The van der Waals surface area contributed by atoms with Gasteiger partial charge < -0.3 is 14.6 Å². The molecule has 180 valence electrons. The maximum atomic E-state index is 15.2. The van der Waals surface area contributed by atoms with Crippen LogP contribution in [0.25, 0.3) is 22.5 Å². The van der Waals surface area contributed by atoms with Crippen LogP contribution in [-0.2, 0) is 0 Å². The molecule has 0 unspecified atom stereocenters. The molecule has 9 heteroatoms. The second-order valence-corrected chi connectivity index (χ2v) is 9.32. The molecule has 1 amide bonds. The minimum Gasteiger partial charge on any atom is -0.424 e. The number of aromatic nitrogens is 3. The van der Waals surface area contributed by atoms with E-state index in [1.165, 1.54) is 6.07 Å². The fourth-order valence-electron chi connectivity index (χ4n) is 4.73. The van der Waals surface area contributed by atoms with Crippen LogP contribution in [0.15, 0.2) is 53.2 Å². The number of piperidine rings is 1. The highest BCUT2D eigenvalue weighted by Gasteiger charge is 2.35. The van der Waals surface area contributed by atoms with Crippen molar-refractivity contribution < 1.29 is 13.6 Å². The van der Waals surface area contributed by atoms with Crippen LogP contribution >= 0.6 is 11.6 Å². The number of fused-ring (bicyclic) bond motifs is 1. The number of nitrogens with one attached hydrogen (secondary N) is 1. The first-order chi connectivity index (χ1) is 16.9. The van der Waals surface area contributed by atoms with Crippen molar-refractivity contribution in [1.82, 2.24) is 19.9 Å². The Kier molecular flexibility index (Phi) is 6.38. The Morgan fingerprint density at radius 2 is 2.06 bits per heavy atom. The highest BCUT2D eigenvalue weighted by molar-refractivity contribution is 6.31. The predicted molar refractivity (Wildman–Crippen MR) is 133 cm³/mol. The van der Waals surface area contributed by atoms with Gasteiger partial charge in [-0.05, 0) is 55.5 Å². The Balaban J connectivity index is 1.45. The van der Waals surface area contributed by atoms with Crippen LogP contribution in [0.4, 0.5) is 10.4 Å². The number of carbonyl (C=O) groups is 1. The van der Waals surface area contributed by atoms with Crippen molar-refractivity contribution >= 4 is 34.6 Å². The third-order valence-electron chi connectivity index (χ3n) is 6.56. The van der Waals surface area contributed by atoms with E-state index in [4.69, 9.17) is 16.0 Å². The Morgan fingerprint density at radius 3 is 2.86 bits per heavy atom. The van der Waals surface area contributed by atoms with Gasteiger partial charge in [-0.15, -0.1) is 0 Å². The van der Waals surface area contributed by atoms with Gasteiger partial charge in [0.25, 0.3) is 11.9 Å². The van der Waals surface area contributed by atoms with Crippen molar-refractivity contribution in [1.29, 1.82) is 0 Å². The summed E-state index contributed by atoms with van der Waals surface area (Å²) in [7, 11) is 0. The summed E-state index contributed by atoms with van der Waals surface area (Å²) in [5.74, 6) is -0.416. The van der Waals surface area contributed by atoms with Gasteiger partial charge in [0.2, 0.25) is 0 Å². The molecule has 3 heterocycles. The lowest BCUT2D eigenvalue weighted by molar-refractivity contribution is 0.0535. The number of hydrogen-bond donors (Lipinski definition) is 1. The van der Waals surface area contributed by atoms with E-state index in [0.717, 1.165) is 18.4 Å².